The molecule has 0 atom stereocenters. The van der Waals surface area contributed by atoms with Crippen molar-refractivity contribution in [2.24, 2.45) is 0 Å². The first-order valence-electron chi connectivity index (χ1n) is 7.40. The highest BCUT2D eigenvalue weighted by molar-refractivity contribution is 9.10. The van der Waals surface area contributed by atoms with Crippen molar-refractivity contribution in [3.8, 4) is 5.75 Å². The number of anilines is 1. The van der Waals surface area contributed by atoms with E-state index in [1.54, 1.807) is 19.9 Å². The van der Waals surface area contributed by atoms with Crippen LogP contribution in [0.5, 0.6) is 5.75 Å². The first kappa shape index (κ1) is 19.3. The van der Waals surface area contributed by atoms with Crippen LogP contribution in [-0.4, -0.2) is 27.6 Å². The number of methoxy groups -OCH3 is 1. The number of sulfonamides is 1. The number of rotatable bonds is 6. The van der Waals surface area contributed by atoms with E-state index < -0.39 is 16.0 Å². The van der Waals surface area contributed by atoms with Gasteiger partial charge in [-0.1, -0.05) is 0 Å². The molecular weight excluding hydrogens is 410 g/mol. The van der Waals surface area contributed by atoms with E-state index in [0.717, 1.165) is 0 Å². The van der Waals surface area contributed by atoms with Gasteiger partial charge < -0.3 is 9.47 Å². The van der Waals surface area contributed by atoms with Crippen LogP contribution in [0.1, 0.15) is 24.2 Å². The first-order chi connectivity index (χ1) is 11.7. The number of benzene rings is 2. The van der Waals surface area contributed by atoms with E-state index in [1.165, 1.54) is 43.5 Å². The largest absolute Gasteiger partial charge is 0.496 e. The van der Waals surface area contributed by atoms with Gasteiger partial charge in [0.2, 0.25) is 0 Å². The highest BCUT2D eigenvalue weighted by Crippen LogP contribution is 2.28. The lowest BCUT2D eigenvalue weighted by atomic mass is 10.2. The Kier molecular flexibility index (Phi) is 6.07. The second kappa shape index (κ2) is 7.88. The molecular formula is C17H18BrNO5S. The highest BCUT2D eigenvalue weighted by Gasteiger charge is 2.17. The predicted molar refractivity (Wildman–Crippen MR) is 98.5 cm³/mol. The lowest BCUT2D eigenvalue weighted by molar-refractivity contribution is 0.0378. The van der Waals surface area contributed by atoms with Crippen molar-refractivity contribution in [2.75, 3.05) is 11.8 Å². The second-order valence-electron chi connectivity index (χ2n) is 5.43. The van der Waals surface area contributed by atoms with E-state index in [9.17, 15) is 13.2 Å². The minimum Gasteiger partial charge on any atom is -0.496 e. The molecule has 0 spiro atoms. The molecule has 2 rings (SSSR count). The monoisotopic (exact) mass is 427 g/mol. The van der Waals surface area contributed by atoms with Crippen LogP contribution >= 0.6 is 15.9 Å². The van der Waals surface area contributed by atoms with Gasteiger partial charge in [0.1, 0.15) is 5.75 Å². The average molecular weight is 428 g/mol. The van der Waals surface area contributed by atoms with Gasteiger partial charge in [0.15, 0.2) is 0 Å². The molecule has 0 bridgehead atoms. The van der Waals surface area contributed by atoms with E-state index in [1.807, 2.05) is 0 Å². The summed E-state index contributed by atoms with van der Waals surface area (Å²) >= 11 is 3.26. The molecule has 0 aromatic heterocycles. The van der Waals surface area contributed by atoms with E-state index in [-0.39, 0.29) is 11.0 Å². The fraction of sp³-hybridized carbons (Fsp3) is 0.235. The van der Waals surface area contributed by atoms with Gasteiger partial charge in [0, 0.05) is 5.69 Å². The number of carbonyl (C=O) groups excluding carboxylic acids is 1. The van der Waals surface area contributed by atoms with Crippen molar-refractivity contribution in [2.45, 2.75) is 24.8 Å². The molecule has 2 aromatic rings. The molecule has 0 aliphatic carbocycles. The number of carbonyl (C=O) groups is 1. The second-order valence-corrected chi connectivity index (χ2v) is 7.97. The summed E-state index contributed by atoms with van der Waals surface area (Å²) in [5.74, 6) is 0.0791. The highest BCUT2D eigenvalue weighted by atomic mass is 79.9. The molecule has 8 heteroatoms. The van der Waals surface area contributed by atoms with E-state index in [4.69, 9.17) is 9.47 Å². The zero-order valence-corrected chi connectivity index (χ0v) is 16.3. The van der Waals surface area contributed by atoms with Gasteiger partial charge in [-0.3, -0.25) is 4.72 Å². The maximum atomic E-state index is 12.5. The third-order valence-corrected chi connectivity index (χ3v) is 5.15. The fourth-order valence-electron chi connectivity index (χ4n) is 1.98. The Bertz CT molecular complexity index is 863. The van der Waals surface area contributed by atoms with Crippen molar-refractivity contribution in [1.29, 1.82) is 0 Å². The molecule has 6 nitrogen and oxygen atoms in total. The van der Waals surface area contributed by atoms with Crippen LogP contribution in [0.2, 0.25) is 0 Å². The smallest absolute Gasteiger partial charge is 0.338 e. The van der Waals surface area contributed by atoms with Crippen LogP contribution in [0.4, 0.5) is 5.69 Å². The molecule has 0 amide bonds. The van der Waals surface area contributed by atoms with Crippen LogP contribution in [0.3, 0.4) is 0 Å². The van der Waals surface area contributed by atoms with Crippen LogP contribution in [0.25, 0.3) is 0 Å². The standard InChI is InChI=1S/C17H18BrNO5S/c1-11(2)24-17(20)12-4-6-13(7-5-12)19-25(21,22)14-8-9-16(23-3)15(18)10-14/h4-11,19H,1-3H3. The predicted octanol–water partition coefficient (Wildman–Crippen LogP) is 3.82. The quantitative estimate of drug-likeness (QED) is 0.708. The van der Waals surface area contributed by atoms with Gasteiger partial charge >= 0.3 is 5.97 Å². The molecule has 0 saturated heterocycles. The Morgan fingerprint density at radius 3 is 2.28 bits per heavy atom. The number of nitrogens with one attached hydrogen (secondary N) is 1. The minimum atomic E-state index is -3.76. The Morgan fingerprint density at radius 2 is 1.76 bits per heavy atom. The molecule has 0 aliphatic rings. The lowest BCUT2D eigenvalue weighted by Crippen LogP contribution is -2.14. The Hall–Kier alpha value is -2.06. The van der Waals surface area contributed by atoms with E-state index >= 15 is 0 Å². The summed E-state index contributed by atoms with van der Waals surface area (Å²) in [6.07, 6.45) is -0.223. The zero-order valence-electron chi connectivity index (χ0n) is 13.9. The van der Waals surface area contributed by atoms with Gasteiger partial charge in [0.05, 0.1) is 28.1 Å². The number of hydrogen-bond donors (Lipinski definition) is 1. The minimum absolute atomic E-state index is 0.0865. The third-order valence-electron chi connectivity index (χ3n) is 3.15. The summed E-state index contributed by atoms with van der Waals surface area (Å²) in [5.41, 5.74) is 0.692. The van der Waals surface area contributed by atoms with Crippen molar-refractivity contribution in [3.05, 3.63) is 52.5 Å². The van der Waals surface area contributed by atoms with Crippen LogP contribution in [-0.2, 0) is 14.8 Å². The summed E-state index contributed by atoms with van der Waals surface area (Å²) in [5, 5.41) is 0. The lowest BCUT2D eigenvalue weighted by Gasteiger charge is -2.11. The van der Waals surface area contributed by atoms with Gasteiger partial charge in [-0.05, 0) is 72.2 Å². The Balaban J connectivity index is 2.18. The van der Waals surface area contributed by atoms with Crippen molar-refractivity contribution in [3.63, 3.8) is 0 Å². The summed E-state index contributed by atoms with van der Waals surface area (Å²) in [6, 6.07) is 10.5. The van der Waals surface area contributed by atoms with Gasteiger partial charge in [0.25, 0.3) is 10.0 Å². The fourth-order valence-corrected chi connectivity index (χ4v) is 3.76. The Morgan fingerprint density at radius 1 is 1.12 bits per heavy atom. The first-order valence-corrected chi connectivity index (χ1v) is 9.68. The summed E-state index contributed by atoms with van der Waals surface area (Å²) in [7, 11) is -2.27. The molecule has 0 fully saturated rings. The van der Waals surface area contributed by atoms with Gasteiger partial charge in [-0.2, -0.15) is 0 Å². The number of ether oxygens (including phenoxy) is 2. The summed E-state index contributed by atoms with van der Waals surface area (Å²) in [6.45, 7) is 3.51. The molecule has 0 radical (unpaired) electrons. The molecule has 0 heterocycles. The van der Waals surface area contributed by atoms with Crippen molar-refractivity contribution < 1.29 is 22.7 Å². The van der Waals surface area contributed by atoms with Crippen molar-refractivity contribution >= 4 is 37.6 Å². The van der Waals surface area contributed by atoms with Crippen LogP contribution in [0, 0.1) is 0 Å². The molecule has 134 valence electrons. The molecule has 25 heavy (non-hydrogen) atoms. The number of hydrogen-bond acceptors (Lipinski definition) is 5. The summed E-state index contributed by atoms with van der Waals surface area (Å²) < 4.78 is 38.1. The Labute approximate surface area is 155 Å². The summed E-state index contributed by atoms with van der Waals surface area (Å²) in [4.78, 5) is 11.9. The molecule has 0 unspecified atom stereocenters. The van der Waals surface area contributed by atoms with E-state index in [2.05, 4.69) is 20.7 Å². The molecule has 2 aromatic carbocycles. The SMILES string of the molecule is COc1ccc(S(=O)(=O)Nc2ccc(C(=O)OC(C)C)cc2)cc1Br. The van der Waals surface area contributed by atoms with E-state index in [0.29, 0.717) is 21.5 Å². The third kappa shape index (κ3) is 4.96. The van der Waals surface area contributed by atoms with Crippen LogP contribution < -0.4 is 9.46 Å². The van der Waals surface area contributed by atoms with Crippen molar-refractivity contribution in [1.82, 2.24) is 0 Å². The molecule has 0 aliphatic heterocycles. The molecule has 0 saturated carbocycles. The number of esters is 1. The number of halogens is 1. The maximum Gasteiger partial charge on any atom is 0.338 e. The molecule has 1 N–H and O–H groups in total. The normalized spacial score (nSPS) is 11.2. The topological polar surface area (TPSA) is 81.7 Å². The average Bonchev–Trinajstić information content (AvgIpc) is 2.54. The zero-order chi connectivity index (χ0) is 18.6. The van der Waals surface area contributed by atoms with Gasteiger partial charge in [-0.25, -0.2) is 13.2 Å². The maximum absolute atomic E-state index is 12.5. The van der Waals surface area contributed by atoms with Gasteiger partial charge in [-0.15, -0.1) is 0 Å². The van der Waals surface area contributed by atoms with Crippen LogP contribution in [0.15, 0.2) is 51.8 Å².